The lowest BCUT2D eigenvalue weighted by Gasteiger charge is -2.10. The van der Waals surface area contributed by atoms with E-state index >= 15 is 0 Å². The molecule has 0 unspecified atom stereocenters. The maximum Gasteiger partial charge on any atom is 0.156 e. The molecule has 1 aromatic carbocycles. The minimum Gasteiger partial charge on any atom is -0.454 e. The molecule has 0 fully saturated rings. The zero-order valence-corrected chi connectivity index (χ0v) is 11.5. The number of pyridine rings is 1. The summed E-state index contributed by atoms with van der Waals surface area (Å²) in [4.78, 5) is 3.95. The normalized spacial score (nSPS) is 10.1. The van der Waals surface area contributed by atoms with Crippen molar-refractivity contribution in [2.24, 2.45) is 5.73 Å². The molecule has 0 bridgehead atoms. The van der Waals surface area contributed by atoms with Gasteiger partial charge in [0.15, 0.2) is 5.75 Å². The summed E-state index contributed by atoms with van der Waals surface area (Å²) in [7, 11) is 0. The Morgan fingerprint density at radius 3 is 2.78 bits per heavy atom. The number of nitrogens with two attached hydrogens (primary N) is 1. The molecule has 1 heterocycles. The molecule has 0 atom stereocenters. The molecule has 0 aliphatic rings. The van der Waals surface area contributed by atoms with E-state index in [9.17, 15) is 0 Å². The Kier molecular flexibility index (Phi) is 3.84. The first-order valence-electron chi connectivity index (χ1n) is 4.99. The number of hydrogen-bond acceptors (Lipinski definition) is 3. The predicted octanol–water partition coefficient (Wildman–Crippen LogP) is 3.57. The highest BCUT2D eigenvalue weighted by atomic mass is 79.9. The Labute approximate surface area is 117 Å². The SMILES string of the molecule is N=C(N)c1ccncc1Oc1ccc(Cl)cc1Br. The van der Waals surface area contributed by atoms with Crippen LogP contribution in [0.3, 0.4) is 0 Å². The third kappa shape index (κ3) is 2.80. The van der Waals surface area contributed by atoms with Crippen LogP contribution in [0.5, 0.6) is 11.5 Å². The first-order valence-corrected chi connectivity index (χ1v) is 6.16. The lowest BCUT2D eigenvalue weighted by atomic mass is 10.2. The van der Waals surface area contributed by atoms with E-state index in [0.29, 0.717) is 26.6 Å². The summed E-state index contributed by atoms with van der Waals surface area (Å²) in [5.41, 5.74) is 5.97. The van der Waals surface area contributed by atoms with Gasteiger partial charge in [0.05, 0.1) is 16.2 Å². The van der Waals surface area contributed by atoms with E-state index < -0.39 is 0 Å². The number of nitrogen functional groups attached to an aromatic ring is 1. The van der Waals surface area contributed by atoms with Gasteiger partial charge >= 0.3 is 0 Å². The molecule has 0 saturated carbocycles. The Morgan fingerprint density at radius 2 is 2.11 bits per heavy atom. The van der Waals surface area contributed by atoms with Crippen LogP contribution in [0.4, 0.5) is 0 Å². The molecule has 92 valence electrons. The zero-order chi connectivity index (χ0) is 13.1. The molecule has 3 N–H and O–H groups in total. The van der Waals surface area contributed by atoms with Crippen LogP contribution in [0.25, 0.3) is 0 Å². The second-order valence-corrected chi connectivity index (χ2v) is 4.75. The second kappa shape index (κ2) is 5.37. The standard InChI is InChI=1S/C12H9BrClN3O/c13-9-5-7(14)1-2-10(9)18-11-6-17-4-3-8(11)12(15)16/h1-6H,(H3,15,16). The van der Waals surface area contributed by atoms with E-state index in [4.69, 9.17) is 27.5 Å². The summed E-state index contributed by atoms with van der Waals surface area (Å²) in [6, 6.07) is 6.79. The van der Waals surface area contributed by atoms with Gasteiger partial charge in [0.25, 0.3) is 0 Å². The molecule has 4 nitrogen and oxygen atoms in total. The third-order valence-electron chi connectivity index (χ3n) is 2.19. The summed E-state index contributed by atoms with van der Waals surface area (Å²) in [5.74, 6) is 0.931. The number of halogens is 2. The van der Waals surface area contributed by atoms with Crippen molar-refractivity contribution in [2.45, 2.75) is 0 Å². The summed E-state index contributed by atoms with van der Waals surface area (Å²) >= 11 is 9.20. The van der Waals surface area contributed by atoms with E-state index in [2.05, 4.69) is 20.9 Å². The van der Waals surface area contributed by atoms with Crippen LogP contribution in [0, 0.1) is 5.41 Å². The maximum atomic E-state index is 7.47. The smallest absolute Gasteiger partial charge is 0.156 e. The van der Waals surface area contributed by atoms with Crippen LogP contribution >= 0.6 is 27.5 Å². The average Bonchev–Trinajstić information content (AvgIpc) is 2.33. The first kappa shape index (κ1) is 12.9. The molecule has 0 amide bonds. The van der Waals surface area contributed by atoms with Gasteiger partial charge in [-0.25, -0.2) is 0 Å². The van der Waals surface area contributed by atoms with Crippen LogP contribution in [0.1, 0.15) is 5.56 Å². The van der Waals surface area contributed by atoms with Crippen LogP contribution in [0.15, 0.2) is 41.1 Å². The summed E-state index contributed by atoms with van der Waals surface area (Å²) in [5, 5.41) is 8.07. The van der Waals surface area contributed by atoms with Gasteiger partial charge in [0.1, 0.15) is 11.6 Å². The largest absolute Gasteiger partial charge is 0.454 e. The van der Waals surface area contributed by atoms with Gasteiger partial charge in [0, 0.05) is 11.2 Å². The monoisotopic (exact) mass is 325 g/mol. The highest BCUT2D eigenvalue weighted by Crippen LogP contribution is 2.32. The van der Waals surface area contributed by atoms with Crippen LogP contribution < -0.4 is 10.5 Å². The van der Waals surface area contributed by atoms with Crippen molar-refractivity contribution in [2.75, 3.05) is 0 Å². The zero-order valence-electron chi connectivity index (χ0n) is 9.15. The van der Waals surface area contributed by atoms with E-state index in [1.807, 2.05) is 0 Å². The van der Waals surface area contributed by atoms with E-state index in [0.717, 1.165) is 0 Å². The van der Waals surface area contributed by atoms with Crippen LogP contribution in [0.2, 0.25) is 5.02 Å². The fourth-order valence-corrected chi connectivity index (χ4v) is 2.12. The molecule has 0 spiro atoms. The molecule has 0 saturated heterocycles. The van der Waals surface area contributed by atoms with Crippen molar-refractivity contribution in [3.63, 3.8) is 0 Å². The highest BCUT2D eigenvalue weighted by Gasteiger charge is 2.09. The molecular formula is C12H9BrClN3O. The minimum atomic E-state index is -0.0718. The van der Waals surface area contributed by atoms with E-state index in [1.54, 1.807) is 30.5 Å². The van der Waals surface area contributed by atoms with Crippen molar-refractivity contribution in [1.29, 1.82) is 5.41 Å². The molecule has 0 radical (unpaired) electrons. The summed E-state index contributed by atoms with van der Waals surface area (Å²) in [6.07, 6.45) is 3.07. The molecule has 2 aromatic rings. The van der Waals surface area contributed by atoms with Gasteiger partial charge < -0.3 is 10.5 Å². The summed E-state index contributed by atoms with van der Waals surface area (Å²) < 4.78 is 6.38. The number of amidine groups is 1. The molecule has 1 aromatic heterocycles. The lowest BCUT2D eigenvalue weighted by Crippen LogP contribution is -2.12. The third-order valence-corrected chi connectivity index (χ3v) is 3.04. The van der Waals surface area contributed by atoms with Gasteiger partial charge in [-0.15, -0.1) is 0 Å². The van der Waals surface area contributed by atoms with Gasteiger partial charge in [-0.2, -0.15) is 0 Å². The van der Waals surface area contributed by atoms with Gasteiger partial charge in [-0.05, 0) is 40.2 Å². The minimum absolute atomic E-state index is 0.0718. The Bertz CT molecular complexity index is 604. The number of aromatic nitrogens is 1. The quantitative estimate of drug-likeness (QED) is 0.669. The molecule has 0 aliphatic carbocycles. The second-order valence-electron chi connectivity index (χ2n) is 3.46. The lowest BCUT2D eigenvalue weighted by molar-refractivity contribution is 0.476. The van der Waals surface area contributed by atoms with Crippen molar-refractivity contribution in [3.8, 4) is 11.5 Å². The van der Waals surface area contributed by atoms with Crippen LogP contribution in [-0.4, -0.2) is 10.8 Å². The van der Waals surface area contributed by atoms with Gasteiger partial charge in [-0.3, -0.25) is 10.4 Å². The van der Waals surface area contributed by atoms with Crippen molar-refractivity contribution in [1.82, 2.24) is 4.98 Å². The van der Waals surface area contributed by atoms with Crippen LogP contribution in [-0.2, 0) is 0 Å². The maximum absolute atomic E-state index is 7.47. The molecule has 18 heavy (non-hydrogen) atoms. The molecule has 0 aliphatic heterocycles. The molecular weight excluding hydrogens is 318 g/mol. The van der Waals surface area contributed by atoms with E-state index in [-0.39, 0.29) is 5.84 Å². The highest BCUT2D eigenvalue weighted by molar-refractivity contribution is 9.10. The van der Waals surface area contributed by atoms with Crippen molar-refractivity contribution < 1.29 is 4.74 Å². The van der Waals surface area contributed by atoms with Gasteiger partial charge in [0.2, 0.25) is 0 Å². The number of benzene rings is 1. The molecule has 6 heteroatoms. The first-order chi connectivity index (χ1) is 8.58. The fourth-order valence-electron chi connectivity index (χ4n) is 1.36. The van der Waals surface area contributed by atoms with E-state index in [1.165, 1.54) is 6.20 Å². The number of nitrogens with zero attached hydrogens (tertiary/aromatic N) is 1. The Hall–Kier alpha value is -1.59. The van der Waals surface area contributed by atoms with Gasteiger partial charge in [-0.1, -0.05) is 11.6 Å². The Morgan fingerprint density at radius 1 is 1.33 bits per heavy atom. The Balaban J connectivity index is 2.37. The topological polar surface area (TPSA) is 72.0 Å². The average molecular weight is 327 g/mol. The number of nitrogens with one attached hydrogen (secondary N) is 1. The summed E-state index contributed by atoms with van der Waals surface area (Å²) in [6.45, 7) is 0. The fraction of sp³-hybridized carbons (Fsp3) is 0. The predicted molar refractivity (Wildman–Crippen MR) is 74.5 cm³/mol. The molecule has 2 rings (SSSR count). The number of rotatable bonds is 3. The number of ether oxygens (including phenoxy) is 1. The van der Waals surface area contributed by atoms with Crippen molar-refractivity contribution >= 4 is 33.4 Å². The van der Waals surface area contributed by atoms with Crippen molar-refractivity contribution in [3.05, 3.63) is 51.7 Å². The number of hydrogen-bond donors (Lipinski definition) is 2.